The summed E-state index contributed by atoms with van der Waals surface area (Å²) in [5.74, 6) is -0.180. The lowest BCUT2D eigenvalue weighted by molar-refractivity contribution is -0.128. The minimum Gasteiger partial charge on any atom is -0.342 e. The summed E-state index contributed by atoms with van der Waals surface area (Å²) < 4.78 is 0. The lowest BCUT2D eigenvalue weighted by Gasteiger charge is -2.18. The molecule has 0 aromatic carbocycles. The van der Waals surface area contributed by atoms with Crippen molar-refractivity contribution in [2.45, 2.75) is 19.8 Å². The minimum atomic E-state index is -0.232. The van der Waals surface area contributed by atoms with E-state index in [0.717, 1.165) is 5.71 Å². The minimum absolute atomic E-state index is 0.0612. The highest BCUT2D eigenvalue weighted by molar-refractivity contribution is 6.06. The largest absolute Gasteiger partial charge is 0.342 e. The van der Waals surface area contributed by atoms with Gasteiger partial charge in [-0.2, -0.15) is 5.10 Å². The Balaban J connectivity index is 1.83. The Kier molecular flexibility index (Phi) is 4.01. The number of azide groups is 1. The van der Waals surface area contributed by atoms with Crippen LogP contribution >= 0.6 is 0 Å². The van der Waals surface area contributed by atoms with Crippen LogP contribution in [0.4, 0.5) is 0 Å². The maximum atomic E-state index is 11.8. The molecule has 1 saturated heterocycles. The first-order chi connectivity index (χ1) is 9.11. The van der Waals surface area contributed by atoms with Gasteiger partial charge in [0.1, 0.15) is 0 Å². The number of hydrazone groups is 1. The zero-order valence-electron chi connectivity index (χ0n) is 10.7. The number of rotatable bonds is 5. The molecule has 0 aromatic rings. The summed E-state index contributed by atoms with van der Waals surface area (Å²) >= 11 is 0. The highest BCUT2D eigenvalue weighted by atomic mass is 16.2. The van der Waals surface area contributed by atoms with Gasteiger partial charge < -0.3 is 4.90 Å². The van der Waals surface area contributed by atoms with Crippen LogP contribution in [0.15, 0.2) is 10.2 Å². The Bertz CT molecular complexity index is 468. The van der Waals surface area contributed by atoms with E-state index >= 15 is 0 Å². The molecule has 0 radical (unpaired) electrons. The van der Waals surface area contributed by atoms with Gasteiger partial charge in [0.2, 0.25) is 11.8 Å². The predicted octanol–water partition coefficient (Wildman–Crippen LogP) is 0.657. The normalized spacial score (nSPS) is 26.2. The van der Waals surface area contributed by atoms with Crippen LogP contribution in [-0.2, 0) is 9.59 Å². The smallest absolute Gasteiger partial charge is 0.248 e. The van der Waals surface area contributed by atoms with Gasteiger partial charge in [0.15, 0.2) is 0 Å². The van der Waals surface area contributed by atoms with Crippen LogP contribution in [0, 0.1) is 11.8 Å². The number of amides is 2. The van der Waals surface area contributed by atoms with Crippen LogP contribution in [0.2, 0.25) is 0 Å². The molecule has 2 unspecified atom stereocenters. The van der Waals surface area contributed by atoms with E-state index in [4.69, 9.17) is 5.53 Å². The summed E-state index contributed by atoms with van der Waals surface area (Å²) in [6, 6.07) is 0. The van der Waals surface area contributed by atoms with Crippen molar-refractivity contribution in [1.82, 2.24) is 10.3 Å². The molecule has 2 amide bonds. The average Bonchev–Trinajstić information content (AvgIpc) is 2.89. The molecular weight excluding hydrogens is 248 g/mol. The van der Waals surface area contributed by atoms with Crippen molar-refractivity contribution in [2.75, 3.05) is 19.6 Å². The quantitative estimate of drug-likeness (QED) is 0.447. The third-order valence-electron chi connectivity index (χ3n) is 3.55. The van der Waals surface area contributed by atoms with Crippen molar-refractivity contribution in [1.29, 1.82) is 0 Å². The highest BCUT2D eigenvalue weighted by Crippen LogP contribution is 2.20. The first kappa shape index (κ1) is 13.4. The lowest BCUT2D eigenvalue weighted by Crippen LogP contribution is -2.31. The highest BCUT2D eigenvalue weighted by Gasteiger charge is 2.32. The molecule has 1 N–H and O–H groups in total. The maximum absolute atomic E-state index is 11.8. The second kappa shape index (κ2) is 5.71. The zero-order chi connectivity index (χ0) is 13.8. The Hall–Kier alpha value is -2.08. The molecule has 2 aliphatic rings. The SMILES string of the molecule is CC1=NNC(=O)C1CCN1CC(CN=[N+]=[N-])CC1=O. The third-order valence-corrected chi connectivity index (χ3v) is 3.55. The van der Waals surface area contributed by atoms with Crippen LogP contribution in [0.3, 0.4) is 0 Å². The van der Waals surface area contributed by atoms with Gasteiger partial charge in [-0.3, -0.25) is 9.59 Å². The van der Waals surface area contributed by atoms with Gasteiger partial charge in [0.25, 0.3) is 0 Å². The number of carbonyl (C=O) groups excluding carboxylic acids is 2. The molecule has 19 heavy (non-hydrogen) atoms. The molecule has 8 nitrogen and oxygen atoms in total. The molecule has 0 aromatic heterocycles. The molecule has 2 atom stereocenters. The topological polar surface area (TPSA) is 111 Å². The molecule has 0 saturated carbocycles. The van der Waals surface area contributed by atoms with Gasteiger partial charge >= 0.3 is 0 Å². The van der Waals surface area contributed by atoms with Gasteiger partial charge in [-0.25, -0.2) is 5.43 Å². The van der Waals surface area contributed by atoms with Crippen LogP contribution in [0.5, 0.6) is 0 Å². The fraction of sp³-hybridized carbons (Fsp3) is 0.727. The first-order valence-corrected chi connectivity index (χ1v) is 6.24. The lowest BCUT2D eigenvalue weighted by atomic mass is 10.0. The second-order valence-corrected chi connectivity index (χ2v) is 4.89. The monoisotopic (exact) mass is 264 g/mol. The number of hydrogen-bond donors (Lipinski definition) is 1. The van der Waals surface area contributed by atoms with Crippen LogP contribution < -0.4 is 5.43 Å². The summed E-state index contributed by atoms with van der Waals surface area (Å²) in [7, 11) is 0. The van der Waals surface area contributed by atoms with Crippen LogP contribution in [0.25, 0.3) is 10.4 Å². The Morgan fingerprint density at radius 3 is 3.00 bits per heavy atom. The van der Waals surface area contributed by atoms with E-state index in [0.29, 0.717) is 32.5 Å². The molecule has 1 fully saturated rings. The van der Waals surface area contributed by atoms with Crippen LogP contribution in [0.1, 0.15) is 19.8 Å². The Labute approximate surface area is 110 Å². The van der Waals surface area contributed by atoms with Crippen molar-refractivity contribution >= 4 is 17.5 Å². The molecule has 102 valence electrons. The number of hydrogen-bond acceptors (Lipinski definition) is 4. The first-order valence-electron chi connectivity index (χ1n) is 6.24. The summed E-state index contributed by atoms with van der Waals surface area (Å²) in [4.78, 5) is 27.7. The van der Waals surface area contributed by atoms with Crippen molar-refractivity contribution in [3.05, 3.63) is 10.4 Å². The Morgan fingerprint density at radius 1 is 1.58 bits per heavy atom. The van der Waals surface area contributed by atoms with Gasteiger partial charge in [-0.15, -0.1) is 0 Å². The third kappa shape index (κ3) is 3.03. The summed E-state index contributed by atoms with van der Waals surface area (Å²) in [5, 5.41) is 7.38. The van der Waals surface area contributed by atoms with E-state index < -0.39 is 0 Å². The van der Waals surface area contributed by atoms with Crippen molar-refractivity contribution in [3.8, 4) is 0 Å². The number of carbonyl (C=O) groups is 2. The summed E-state index contributed by atoms with van der Waals surface area (Å²) in [5.41, 5.74) is 11.5. The van der Waals surface area contributed by atoms with Gasteiger partial charge in [0, 0.05) is 36.7 Å². The molecule has 2 rings (SSSR count). The van der Waals surface area contributed by atoms with Crippen molar-refractivity contribution in [2.24, 2.45) is 22.1 Å². The summed E-state index contributed by atoms with van der Waals surface area (Å²) in [6.45, 7) is 3.29. The molecule has 0 aliphatic carbocycles. The zero-order valence-corrected chi connectivity index (χ0v) is 10.7. The van der Waals surface area contributed by atoms with E-state index in [2.05, 4.69) is 20.6 Å². The van der Waals surface area contributed by atoms with E-state index in [1.54, 1.807) is 11.8 Å². The maximum Gasteiger partial charge on any atom is 0.248 e. The van der Waals surface area contributed by atoms with E-state index in [1.165, 1.54) is 0 Å². The fourth-order valence-corrected chi connectivity index (χ4v) is 2.46. The predicted molar refractivity (Wildman–Crippen MR) is 68.1 cm³/mol. The molecule has 2 heterocycles. The molecule has 2 aliphatic heterocycles. The van der Waals surface area contributed by atoms with Gasteiger partial charge in [-0.1, -0.05) is 5.11 Å². The fourth-order valence-electron chi connectivity index (χ4n) is 2.46. The van der Waals surface area contributed by atoms with Crippen molar-refractivity contribution in [3.63, 3.8) is 0 Å². The standard InChI is InChI=1S/C11H16N6O2/c1-7-9(11(19)15-14-7)2-3-17-6-8(4-10(17)18)5-13-16-12/h8-9H,2-6H2,1H3,(H,15,19). The van der Waals surface area contributed by atoms with E-state index in [1.807, 2.05) is 0 Å². The molecule has 8 heteroatoms. The second-order valence-electron chi connectivity index (χ2n) is 4.89. The number of likely N-dealkylation sites (tertiary alicyclic amines) is 1. The molecule has 0 bridgehead atoms. The van der Waals surface area contributed by atoms with Crippen molar-refractivity contribution < 1.29 is 9.59 Å². The van der Waals surface area contributed by atoms with E-state index in [-0.39, 0.29) is 23.7 Å². The van der Waals surface area contributed by atoms with E-state index in [9.17, 15) is 9.59 Å². The Morgan fingerprint density at radius 2 is 2.37 bits per heavy atom. The van der Waals surface area contributed by atoms with Gasteiger partial charge in [0.05, 0.1) is 5.92 Å². The van der Waals surface area contributed by atoms with Crippen LogP contribution in [-0.4, -0.2) is 42.1 Å². The molecular formula is C11H16N6O2. The number of nitrogens with one attached hydrogen (secondary N) is 1. The van der Waals surface area contributed by atoms with Gasteiger partial charge in [-0.05, 0) is 24.8 Å². The summed E-state index contributed by atoms with van der Waals surface area (Å²) in [6.07, 6.45) is 1.00. The molecule has 0 spiro atoms. The average molecular weight is 264 g/mol. The number of nitrogens with zero attached hydrogens (tertiary/aromatic N) is 5.